The fraction of sp³-hybridized carbons (Fsp3) is 0.667. The largest absolute Gasteiger partial charge is 0.416 e. The van der Waals surface area contributed by atoms with Crippen LogP contribution in [0.3, 0.4) is 0 Å². The number of hydrogen-bond donors (Lipinski definition) is 1. The molecule has 0 radical (unpaired) electrons. The van der Waals surface area contributed by atoms with E-state index >= 15 is 0 Å². The van der Waals surface area contributed by atoms with Crippen LogP contribution in [0.15, 0.2) is 18.3 Å². The van der Waals surface area contributed by atoms with Gasteiger partial charge in [-0.2, -0.15) is 0 Å². The summed E-state index contributed by atoms with van der Waals surface area (Å²) in [5.74, 6) is 0.606. The van der Waals surface area contributed by atoms with Crippen LogP contribution in [0.5, 0.6) is 0 Å². The highest BCUT2D eigenvalue weighted by Crippen LogP contribution is 2.36. The average molecular weight is 365 g/mol. The summed E-state index contributed by atoms with van der Waals surface area (Å²) in [5, 5.41) is 0.223. The first-order valence-corrected chi connectivity index (χ1v) is 11.9. The Balaban J connectivity index is 1.88. The maximum Gasteiger partial charge on any atom is 0.228 e. The molecule has 1 fully saturated rings. The molecule has 0 aliphatic carbocycles. The summed E-state index contributed by atoms with van der Waals surface area (Å²) in [6, 6.07) is 3.59. The van der Waals surface area contributed by atoms with Gasteiger partial charge in [-0.3, -0.25) is 9.69 Å². The van der Waals surface area contributed by atoms with Crippen LogP contribution >= 0.6 is 0 Å². The van der Waals surface area contributed by atoms with Gasteiger partial charge >= 0.3 is 0 Å². The Labute approximate surface area is 152 Å². The lowest BCUT2D eigenvalue weighted by atomic mass is 10.2. The number of hydrogen-bond acceptors (Lipinski definition) is 5. The molecule has 2 rings (SSSR count). The van der Waals surface area contributed by atoms with Gasteiger partial charge in [0.2, 0.25) is 5.91 Å². The van der Waals surface area contributed by atoms with Crippen molar-refractivity contribution in [2.24, 2.45) is 0 Å². The molecule has 0 aromatic carbocycles. The molecule has 1 aromatic heterocycles. The van der Waals surface area contributed by atoms with Gasteiger partial charge in [0, 0.05) is 39.2 Å². The zero-order valence-corrected chi connectivity index (χ0v) is 17.2. The number of nitrogen functional groups attached to an aromatic ring is 1. The molecule has 0 bridgehead atoms. The van der Waals surface area contributed by atoms with Crippen LogP contribution in [-0.4, -0.2) is 56.9 Å². The molecule has 0 spiro atoms. The molecule has 25 heavy (non-hydrogen) atoms. The summed E-state index contributed by atoms with van der Waals surface area (Å²) in [7, 11) is -1.71. The molecule has 0 atom stereocenters. The maximum atomic E-state index is 12.4. The van der Waals surface area contributed by atoms with Crippen molar-refractivity contribution in [1.29, 1.82) is 0 Å². The molecule has 1 saturated heterocycles. The number of nitrogens with zero attached hydrogens (tertiary/aromatic N) is 3. The van der Waals surface area contributed by atoms with E-state index in [9.17, 15) is 4.79 Å². The lowest BCUT2D eigenvalue weighted by molar-refractivity contribution is -0.118. The molecule has 6 nitrogen and oxygen atoms in total. The highest BCUT2D eigenvalue weighted by Gasteiger charge is 2.37. The monoisotopic (exact) mass is 364 g/mol. The molecule has 7 heteroatoms. The van der Waals surface area contributed by atoms with E-state index in [1.165, 1.54) is 0 Å². The smallest absolute Gasteiger partial charge is 0.228 e. The summed E-state index contributed by atoms with van der Waals surface area (Å²) >= 11 is 0. The second-order valence-corrected chi connectivity index (χ2v) is 13.0. The van der Waals surface area contributed by atoms with E-state index in [4.69, 9.17) is 10.2 Å². The van der Waals surface area contributed by atoms with E-state index in [-0.39, 0.29) is 10.9 Å². The van der Waals surface area contributed by atoms with Crippen molar-refractivity contribution < 1.29 is 9.22 Å². The van der Waals surface area contributed by atoms with Crippen LogP contribution in [0.1, 0.15) is 27.2 Å². The predicted molar refractivity (Wildman–Crippen MR) is 105 cm³/mol. The number of pyridine rings is 1. The van der Waals surface area contributed by atoms with Gasteiger partial charge in [-0.05, 0) is 30.3 Å². The van der Waals surface area contributed by atoms with Gasteiger partial charge in [-0.15, -0.1) is 0 Å². The summed E-state index contributed by atoms with van der Waals surface area (Å²) in [4.78, 5) is 20.6. The standard InChI is InChI=1S/C18H32N4O2Si/c1-18(2,3)25(4,5)24-13-12-21-9-8-17(23)22(11-10-21)15-6-7-16(19)20-14-15/h6-7,14H,8-13H2,1-5H3,(H2,19,20). The van der Waals surface area contributed by atoms with E-state index in [1.54, 1.807) is 17.2 Å². The third-order valence-corrected chi connectivity index (χ3v) is 9.88. The number of carbonyl (C=O) groups excluding carboxylic acids is 1. The number of aromatic nitrogens is 1. The quantitative estimate of drug-likeness (QED) is 0.814. The van der Waals surface area contributed by atoms with E-state index < -0.39 is 8.32 Å². The Hall–Kier alpha value is -1.44. The van der Waals surface area contributed by atoms with Crippen molar-refractivity contribution >= 4 is 25.7 Å². The highest BCUT2D eigenvalue weighted by atomic mass is 28.4. The number of amides is 1. The molecule has 140 valence electrons. The molecular weight excluding hydrogens is 332 g/mol. The number of nitrogens with two attached hydrogens (primary N) is 1. The van der Waals surface area contributed by atoms with E-state index in [2.05, 4.69) is 43.7 Å². The van der Waals surface area contributed by atoms with E-state index in [1.807, 2.05) is 6.07 Å². The topological polar surface area (TPSA) is 71.7 Å². The van der Waals surface area contributed by atoms with Gasteiger partial charge in [0.15, 0.2) is 8.32 Å². The van der Waals surface area contributed by atoms with Gasteiger partial charge in [0.1, 0.15) is 5.82 Å². The first kappa shape index (κ1) is 19.9. The van der Waals surface area contributed by atoms with Crippen LogP contribution in [0.2, 0.25) is 18.1 Å². The van der Waals surface area contributed by atoms with Gasteiger partial charge in [0.25, 0.3) is 0 Å². The van der Waals surface area contributed by atoms with Crippen molar-refractivity contribution in [2.75, 3.05) is 43.4 Å². The summed E-state index contributed by atoms with van der Waals surface area (Å²) in [5.41, 5.74) is 6.45. The van der Waals surface area contributed by atoms with E-state index in [0.717, 1.165) is 31.9 Å². The molecule has 2 N–H and O–H groups in total. The molecular formula is C18H32N4O2Si. The van der Waals surface area contributed by atoms with Gasteiger partial charge in [0.05, 0.1) is 11.9 Å². The average Bonchev–Trinajstić information content (AvgIpc) is 2.69. The fourth-order valence-corrected chi connectivity index (χ4v) is 3.60. The fourth-order valence-electron chi connectivity index (χ4n) is 2.57. The first-order chi connectivity index (χ1) is 11.6. The van der Waals surface area contributed by atoms with Crippen molar-refractivity contribution in [3.63, 3.8) is 0 Å². The third kappa shape index (κ3) is 5.26. The minimum absolute atomic E-state index is 0.138. The Kier molecular flexibility index (Phi) is 6.24. The van der Waals surface area contributed by atoms with Crippen molar-refractivity contribution in [3.8, 4) is 0 Å². The Morgan fingerprint density at radius 3 is 2.56 bits per heavy atom. The lowest BCUT2D eigenvalue weighted by Crippen LogP contribution is -2.43. The Morgan fingerprint density at radius 1 is 1.24 bits per heavy atom. The molecule has 1 aliphatic heterocycles. The Morgan fingerprint density at radius 2 is 1.96 bits per heavy atom. The SMILES string of the molecule is CC(C)(C)[Si](C)(C)OCCN1CCC(=O)N(c2ccc(N)nc2)CC1. The minimum atomic E-state index is -1.71. The second kappa shape index (κ2) is 7.84. The molecule has 1 aliphatic rings. The number of rotatable bonds is 5. The molecule has 0 saturated carbocycles. The molecule has 2 heterocycles. The normalized spacial score (nSPS) is 17.6. The maximum absolute atomic E-state index is 12.4. The van der Waals surface area contributed by atoms with Crippen molar-refractivity contribution in [3.05, 3.63) is 18.3 Å². The molecule has 0 unspecified atom stereocenters. The number of carbonyl (C=O) groups is 1. The van der Waals surface area contributed by atoms with Crippen molar-refractivity contribution in [1.82, 2.24) is 9.88 Å². The predicted octanol–water partition coefficient (Wildman–Crippen LogP) is 2.72. The minimum Gasteiger partial charge on any atom is -0.416 e. The van der Waals surface area contributed by atoms with Crippen LogP contribution in [0.4, 0.5) is 11.5 Å². The summed E-state index contributed by atoms with van der Waals surface area (Å²) in [6.45, 7) is 15.2. The Bertz CT molecular complexity index is 584. The second-order valence-electron chi connectivity index (χ2n) is 8.19. The van der Waals surface area contributed by atoms with E-state index in [0.29, 0.717) is 18.8 Å². The van der Waals surface area contributed by atoms with Gasteiger partial charge in [-0.25, -0.2) is 4.98 Å². The van der Waals surface area contributed by atoms with Crippen LogP contribution in [-0.2, 0) is 9.22 Å². The van der Waals surface area contributed by atoms with Crippen LogP contribution in [0, 0.1) is 0 Å². The first-order valence-electron chi connectivity index (χ1n) is 8.98. The lowest BCUT2D eigenvalue weighted by Gasteiger charge is -2.36. The van der Waals surface area contributed by atoms with Crippen LogP contribution in [0.25, 0.3) is 0 Å². The number of anilines is 2. The zero-order valence-electron chi connectivity index (χ0n) is 16.2. The van der Waals surface area contributed by atoms with Crippen LogP contribution < -0.4 is 10.6 Å². The summed E-state index contributed by atoms with van der Waals surface area (Å²) in [6.07, 6.45) is 2.19. The van der Waals surface area contributed by atoms with Gasteiger partial charge < -0.3 is 15.1 Å². The van der Waals surface area contributed by atoms with Gasteiger partial charge in [-0.1, -0.05) is 20.8 Å². The van der Waals surface area contributed by atoms with Crippen molar-refractivity contribution in [2.45, 2.75) is 45.3 Å². The molecule has 1 amide bonds. The third-order valence-electron chi connectivity index (χ3n) is 5.34. The zero-order chi connectivity index (χ0) is 18.7. The highest BCUT2D eigenvalue weighted by molar-refractivity contribution is 6.74. The summed E-state index contributed by atoms with van der Waals surface area (Å²) < 4.78 is 6.26. The molecule has 1 aromatic rings.